The molecule has 0 aromatic heterocycles. The lowest BCUT2D eigenvalue weighted by molar-refractivity contribution is -0.148. The van der Waals surface area contributed by atoms with Gasteiger partial charge in [-0.1, -0.05) is 0 Å². The second-order valence-electron chi connectivity index (χ2n) is 4.68. The third kappa shape index (κ3) is 2.49. The van der Waals surface area contributed by atoms with Crippen molar-refractivity contribution in [2.45, 2.75) is 31.9 Å². The number of ether oxygens (including phenoxy) is 2. The first kappa shape index (κ1) is 13.3. The third-order valence-electron chi connectivity index (χ3n) is 3.60. The normalized spacial score (nSPS) is 31.5. The number of carbonyl (C=O) groups is 2. The van der Waals surface area contributed by atoms with Gasteiger partial charge in [0.05, 0.1) is 19.3 Å². The number of carboxylic acids is 1. The molecule has 0 radical (unpaired) electrons. The quantitative estimate of drug-likeness (QED) is 0.773. The Hall–Kier alpha value is -1.14. The van der Waals surface area contributed by atoms with Crippen molar-refractivity contribution in [1.82, 2.24) is 4.90 Å². The minimum atomic E-state index is -0.906. The van der Waals surface area contributed by atoms with Crippen molar-refractivity contribution in [3.63, 3.8) is 0 Å². The van der Waals surface area contributed by atoms with E-state index in [0.717, 1.165) is 12.8 Å². The standard InChI is InChI=1S/C12H19NO5/c1-2-13(11(14)10-4-3-5-18-10)9-7-17-6-8(9)12(15)16/h8-10H,2-7H2,1H3,(H,15,16)/t8?,9?,10-/m1/s1. The molecule has 2 unspecified atom stereocenters. The zero-order chi connectivity index (χ0) is 13.1. The molecule has 1 N–H and O–H groups in total. The molecule has 6 nitrogen and oxygen atoms in total. The van der Waals surface area contributed by atoms with Crippen molar-refractivity contribution in [3.05, 3.63) is 0 Å². The van der Waals surface area contributed by atoms with Crippen molar-refractivity contribution < 1.29 is 24.2 Å². The maximum atomic E-state index is 12.3. The van der Waals surface area contributed by atoms with Crippen LogP contribution in [0, 0.1) is 5.92 Å². The summed E-state index contributed by atoms with van der Waals surface area (Å²) in [6.07, 6.45) is 1.21. The number of carboxylic acid groups (broad SMARTS) is 1. The monoisotopic (exact) mass is 257 g/mol. The first-order chi connectivity index (χ1) is 8.65. The molecule has 2 aliphatic heterocycles. The summed E-state index contributed by atoms with van der Waals surface area (Å²) in [7, 11) is 0. The predicted octanol–water partition coefficient (Wildman–Crippen LogP) is 0.114. The molecule has 2 heterocycles. The zero-order valence-electron chi connectivity index (χ0n) is 10.5. The lowest BCUT2D eigenvalue weighted by Crippen LogP contribution is -2.50. The van der Waals surface area contributed by atoms with Gasteiger partial charge in [-0.15, -0.1) is 0 Å². The van der Waals surface area contributed by atoms with E-state index < -0.39 is 18.0 Å². The van der Waals surface area contributed by atoms with Gasteiger partial charge in [0.2, 0.25) is 0 Å². The van der Waals surface area contributed by atoms with Crippen LogP contribution in [-0.4, -0.2) is 60.4 Å². The molecule has 0 spiro atoms. The van der Waals surface area contributed by atoms with Crippen molar-refractivity contribution in [2.75, 3.05) is 26.4 Å². The molecule has 2 rings (SSSR count). The molecule has 2 saturated heterocycles. The molecule has 18 heavy (non-hydrogen) atoms. The Morgan fingerprint density at radius 2 is 2.17 bits per heavy atom. The highest BCUT2D eigenvalue weighted by molar-refractivity contribution is 5.82. The summed E-state index contributed by atoms with van der Waals surface area (Å²) in [5.41, 5.74) is 0. The molecule has 102 valence electrons. The Bertz CT molecular complexity index is 326. The number of aliphatic carboxylic acids is 1. The van der Waals surface area contributed by atoms with E-state index in [0.29, 0.717) is 19.8 Å². The van der Waals surface area contributed by atoms with E-state index in [-0.39, 0.29) is 18.6 Å². The minimum absolute atomic E-state index is 0.100. The van der Waals surface area contributed by atoms with E-state index in [1.807, 2.05) is 6.92 Å². The molecule has 0 aromatic carbocycles. The largest absolute Gasteiger partial charge is 0.481 e. The number of carbonyl (C=O) groups excluding carboxylic acids is 1. The zero-order valence-corrected chi connectivity index (χ0v) is 10.5. The number of hydrogen-bond donors (Lipinski definition) is 1. The van der Waals surface area contributed by atoms with E-state index in [1.54, 1.807) is 4.90 Å². The van der Waals surface area contributed by atoms with Crippen LogP contribution < -0.4 is 0 Å². The maximum Gasteiger partial charge on any atom is 0.311 e. The lowest BCUT2D eigenvalue weighted by atomic mass is 10.0. The summed E-state index contributed by atoms with van der Waals surface area (Å²) in [5.74, 6) is -1.64. The molecule has 2 aliphatic rings. The smallest absolute Gasteiger partial charge is 0.311 e. The molecular weight excluding hydrogens is 238 g/mol. The van der Waals surface area contributed by atoms with Crippen molar-refractivity contribution >= 4 is 11.9 Å². The van der Waals surface area contributed by atoms with E-state index in [9.17, 15) is 9.59 Å². The van der Waals surface area contributed by atoms with Gasteiger partial charge < -0.3 is 19.5 Å². The van der Waals surface area contributed by atoms with Gasteiger partial charge in [0.1, 0.15) is 12.0 Å². The van der Waals surface area contributed by atoms with Crippen LogP contribution in [0.25, 0.3) is 0 Å². The average Bonchev–Trinajstić information content (AvgIpc) is 3.00. The van der Waals surface area contributed by atoms with Crippen LogP contribution in [0.15, 0.2) is 0 Å². The van der Waals surface area contributed by atoms with Crippen LogP contribution in [0.4, 0.5) is 0 Å². The number of rotatable bonds is 4. The minimum Gasteiger partial charge on any atom is -0.481 e. The van der Waals surface area contributed by atoms with E-state index >= 15 is 0 Å². The average molecular weight is 257 g/mol. The summed E-state index contributed by atoms with van der Waals surface area (Å²) in [6, 6.07) is -0.371. The van der Waals surface area contributed by atoms with Gasteiger partial charge in [-0.05, 0) is 19.8 Å². The number of amides is 1. The molecular formula is C12H19NO5. The van der Waals surface area contributed by atoms with E-state index in [1.165, 1.54) is 0 Å². The van der Waals surface area contributed by atoms with Gasteiger partial charge >= 0.3 is 5.97 Å². The van der Waals surface area contributed by atoms with E-state index in [2.05, 4.69) is 0 Å². The van der Waals surface area contributed by atoms with Crippen LogP contribution in [0.3, 0.4) is 0 Å². The van der Waals surface area contributed by atoms with Gasteiger partial charge in [-0.25, -0.2) is 0 Å². The molecule has 3 atom stereocenters. The fourth-order valence-corrected chi connectivity index (χ4v) is 2.60. The first-order valence-electron chi connectivity index (χ1n) is 6.37. The molecule has 1 amide bonds. The van der Waals surface area contributed by atoms with Crippen molar-refractivity contribution in [1.29, 1.82) is 0 Å². The molecule has 6 heteroatoms. The van der Waals surface area contributed by atoms with Crippen LogP contribution in [-0.2, 0) is 19.1 Å². The summed E-state index contributed by atoms with van der Waals surface area (Å²) >= 11 is 0. The Morgan fingerprint density at radius 1 is 1.39 bits per heavy atom. The summed E-state index contributed by atoms with van der Waals surface area (Å²) < 4.78 is 10.6. The second-order valence-corrected chi connectivity index (χ2v) is 4.68. The highest BCUT2D eigenvalue weighted by atomic mass is 16.5. The second kappa shape index (κ2) is 5.67. The molecule has 0 bridgehead atoms. The fraction of sp³-hybridized carbons (Fsp3) is 0.833. The maximum absolute atomic E-state index is 12.3. The van der Waals surface area contributed by atoms with Crippen molar-refractivity contribution in [3.8, 4) is 0 Å². The van der Waals surface area contributed by atoms with Gasteiger partial charge in [-0.2, -0.15) is 0 Å². The molecule has 0 saturated carbocycles. The predicted molar refractivity (Wildman–Crippen MR) is 62.1 cm³/mol. The van der Waals surface area contributed by atoms with Gasteiger partial charge in [0, 0.05) is 13.2 Å². The highest BCUT2D eigenvalue weighted by Crippen LogP contribution is 2.23. The van der Waals surface area contributed by atoms with E-state index in [4.69, 9.17) is 14.6 Å². The Balaban J connectivity index is 2.07. The third-order valence-corrected chi connectivity index (χ3v) is 3.60. The summed E-state index contributed by atoms with van der Waals surface area (Å²) in [6.45, 7) is 3.41. The topological polar surface area (TPSA) is 76.1 Å². The Kier molecular flexibility index (Phi) is 4.19. The Labute approximate surface area is 106 Å². The van der Waals surface area contributed by atoms with Crippen LogP contribution in [0.2, 0.25) is 0 Å². The molecule has 0 aliphatic carbocycles. The van der Waals surface area contributed by atoms with Crippen LogP contribution >= 0.6 is 0 Å². The SMILES string of the molecule is CCN(C(=O)[C@H]1CCCO1)C1COCC1C(=O)O. The van der Waals surface area contributed by atoms with Crippen LogP contribution in [0.1, 0.15) is 19.8 Å². The summed E-state index contributed by atoms with van der Waals surface area (Å²) in [5, 5.41) is 9.13. The van der Waals surface area contributed by atoms with Gasteiger partial charge in [-0.3, -0.25) is 9.59 Å². The lowest BCUT2D eigenvalue weighted by Gasteiger charge is -2.31. The summed E-state index contributed by atoms with van der Waals surface area (Å²) in [4.78, 5) is 25.0. The van der Waals surface area contributed by atoms with Gasteiger partial charge in [0.25, 0.3) is 5.91 Å². The molecule has 2 fully saturated rings. The number of hydrogen-bond acceptors (Lipinski definition) is 4. The Morgan fingerprint density at radius 3 is 2.72 bits per heavy atom. The fourth-order valence-electron chi connectivity index (χ4n) is 2.60. The van der Waals surface area contributed by atoms with Crippen LogP contribution in [0.5, 0.6) is 0 Å². The van der Waals surface area contributed by atoms with Gasteiger partial charge in [0.15, 0.2) is 0 Å². The highest BCUT2D eigenvalue weighted by Gasteiger charge is 2.41. The number of likely N-dealkylation sites (N-methyl/N-ethyl adjacent to an activating group) is 1. The first-order valence-corrected chi connectivity index (χ1v) is 6.37. The number of nitrogens with zero attached hydrogens (tertiary/aromatic N) is 1. The van der Waals surface area contributed by atoms with Crippen molar-refractivity contribution in [2.24, 2.45) is 5.92 Å². The molecule has 0 aromatic rings.